The van der Waals surface area contributed by atoms with E-state index < -0.39 is 5.60 Å². The van der Waals surface area contributed by atoms with Crippen molar-refractivity contribution in [1.82, 2.24) is 10.6 Å². The fourth-order valence-electron chi connectivity index (χ4n) is 2.77. The molecule has 0 spiro atoms. The molecule has 0 heterocycles. The lowest BCUT2D eigenvalue weighted by molar-refractivity contribution is 0.00859. The third-order valence-electron chi connectivity index (χ3n) is 4.08. The number of rotatable bonds is 5. The highest BCUT2D eigenvalue weighted by atomic mass is 127. The van der Waals surface area contributed by atoms with Crippen LogP contribution in [0.1, 0.15) is 44.6 Å². The molecule has 0 saturated heterocycles. The molecule has 1 aliphatic carbocycles. The molecule has 1 aromatic rings. The molecule has 23 heavy (non-hydrogen) atoms. The standard InChI is InChI=1S/C17H26ClN3O.HI/c1-2-19-16(20-12-14-8-4-5-9-15(14)18)21-13-17(22)10-6-3-7-11-17;/h4-5,8-9,22H,2-3,6-7,10-13H2,1H3,(H2,19,20,21);1H. The molecule has 1 aromatic carbocycles. The second-order valence-corrected chi connectivity index (χ2v) is 6.33. The van der Waals surface area contributed by atoms with E-state index in [1.54, 1.807) is 0 Å². The van der Waals surface area contributed by atoms with Gasteiger partial charge in [0, 0.05) is 18.1 Å². The Hall–Kier alpha value is -0.530. The molecule has 3 N–H and O–H groups in total. The first-order chi connectivity index (χ1) is 10.6. The summed E-state index contributed by atoms with van der Waals surface area (Å²) in [7, 11) is 0. The highest BCUT2D eigenvalue weighted by Gasteiger charge is 2.29. The maximum absolute atomic E-state index is 10.6. The lowest BCUT2D eigenvalue weighted by Gasteiger charge is -2.32. The van der Waals surface area contributed by atoms with Crippen molar-refractivity contribution < 1.29 is 5.11 Å². The summed E-state index contributed by atoms with van der Waals surface area (Å²) in [5.41, 5.74) is 0.400. The molecule has 0 aliphatic heterocycles. The highest BCUT2D eigenvalue weighted by molar-refractivity contribution is 14.0. The molecule has 130 valence electrons. The number of hydrogen-bond donors (Lipinski definition) is 3. The zero-order valence-electron chi connectivity index (χ0n) is 13.6. The van der Waals surface area contributed by atoms with Gasteiger partial charge in [-0.2, -0.15) is 0 Å². The summed E-state index contributed by atoms with van der Waals surface area (Å²) >= 11 is 6.16. The van der Waals surface area contributed by atoms with Crippen LogP contribution in [0.5, 0.6) is 0 Å². The van der Waals surface area contributed by atoms with E-state index in [1.165, 1.54) is 6.42 Å². The van der Waals surface area contributed by atoms with Crippen LogP contribution in [0.4, 0.5) is 0 Å². The molecule has 1 fully saturated rings. The quantitative estimate of drug-likeness (QED) is 0.363. The number of nitrogens with zero attached hydrogens (tertiary/aromatic N) is 1. The van der Waals surface area contributed by atoms with E-state index in [0.717, 1.165) is 48.8 Å². The van der Waals surface area contributed by atoms with Crippen LogP contribution in [0.25, 0.3) is 0 Å². The normalized spacial score (nSPS) is 17.3. The van der Waals surface area contributed by atoms with Gasteiger partial charge in [-0.1, -0.05) is 49.1 Å². The van der Waals surface area contributed by atoms with Gasteiger partial charge < -0.3 is 15.7 Å². The van der Waals surface area contributed by atoms with Gasteiger partial charge in [0.25, 0.3) is 0 Å². The first-order valence-electron chi connectivity index (χ1n) is 8.11. The SMILES string of the molecule is CCNC(=NCc1ccccc1Cl)NCC1(O)CCCCC1.I. The van der Waals surface area contributed by atoms with Crippen LogP contribution in [0.15, 0.2) is 29.3 Å². The Balaban J connectivity index is 0.00000264. The van der Waals surface area contributed by atoms with Crippen LogP contribution < -0.4 is 10.6 Å². The molecule has 0 unspecified atom stereocenters. The van der Waals surface area contributed by atoms with Crippen LogP contribution in [-0.4, -0.2) is 29.8 Å². The van der Waals surface area contributed by atoms with Crippen LogP contribution in [-0.2, 0) is 6.54 Å². The summed E-state index contributed by atoms with van der Waals surface area (Å²) in [4.78, 5) is 4.56. The Kier molecular flexibility index (Phi) is 9.24. The molecule has 1 aliphatic rings. The van der Waals surface area contributed by atoms with Crippen LogP contribution in [0.2, 0.25) is 5.02 Å². The van der Waals surface area contributed by atoms with E-state index in [1.807, 2.05) is 31.2 Å². The number of aliphatic imine (C=N–C) groups is 1. The van der Waals surface area contributed by atoms with Gasteiger partial charge in [0.2, 0.25) is 0 Å². The molecule has 1 saturated carbocycles. The van der Waals surface area contributed by atoms with E-state index in [9.17, 15) is 5.11 Å². The summed E-state index contributed by atoms with van der Waals surface area (Å²) in [6.45, 7) is 3.88. The molecule has 0 atom stereocenters. The van der Waals surface area contributed by atoms with Gasteiger partial charge in [-0.3, -0.25) is 0 Å². The van der Waals surface area contributed by atoms with E-state index in [2.05, 4.69) is 15.6 Å². The number of aliphatic hydroxyl groups is 1. The summed E-state index contributed by atoms with van der Waals surface area (Å²) < 4.78 is 0. The summed E-state index contributed by atoms with van der Waals surface area (Å²) in [5.74, 6) is 0.724. The highest BCUT2D eigenvalue weighted by Crippen LogP contribution is 2.27. The maximum atomic E-state index is 10.6. The topological polar surface area (TPSA) is 56.7 Å². The lowest BCUT2D eigenvalue weighted by Crippen LogP contribution is -2.48. The van der Waals surface area contributed by atoms with E-state index in [-0.39, 0.29) is 24.0 Å². The molecular weight excluding hydrogens is 425 g/mol. The van der Waals surface area contributed by atoms with E-state index in [4.69, 9.17) is 11.6 Å². The van der Waals surface area contributed by atoms with Gasteiger partial charge in [-0.25, -0.2) is 4.99 Å². The van der Waals surface area contributed by atoms with Crippen molar-refractivity contribution in [1.29, 1.82) is 0 Å². The minimum absolute atomic E-state index is 0. The molecule has 2 rings (SSSR count). The number of hydrogen-bond acceptors (Lipinski definition) is 2. The third-order valence-corrected chi connectivity index (χ3v) is 4.45. The minimum atomic E-state index is -0.598. The van der Waals surface area contributed by atoms with Crippen molar-refractivity contribution in [3.63, 3.8) is 0 Å². The third kappa shape index (κ3) is 6.85. The molecule has 6 heteroatoms. The second kappa shape index (κ2) is 10.4. The van der Waals surface area contributed by atoms with Gasteiger partial charge in [0.05, 0.1) is 12.1 Å². The Morgan fingerprint density at radius 1 is 1.22 bits per heavy atom. The van der Waals surface area contributed by atoms with Gasteiger partial charge in [-0.05, 0) is 31.4 Å². The molecule has 0 bridgehead atoms. The average molecular weight is 452 g/mol. The molecular formula is C17H27ClIN3O. The summed E-state index contributed by atoms with van der Waals surface area (Å²) in [5, 5.41) is 17.8. The number of guanidine groups is 1. The minimum Gasteiger partial charge on any atom is -0.388 e. The Bertz CT molecular complexity index is 504. The van der Waals surface area contributed by atoms with Crippen molar-refractivity contribution >= 4 is 41.5 Å². The summed E-state index contributed by atoms with van der Waals surface area (Å²) in [6.07, 6.45) is 5.16. The Morgan fingerprint density at radius 2 is 1.91 bits per heavy atom. The predicted molar refractivity (Wildman–Crippen MR) is 108 cm³/mol. The van der Waals surface area contributed by atoms with Gasteiger partial charge in [0.1, 0.15) is 0 Å². The largest absolute Gasteiger partial charge is 0.388 e. The van der Waals surface area contributed by atoms with Gasteiger partial charge in [-0.15, -0.1) is 24.0 Å². The van der Waals surface area contributed by atoms with Crippen molar-refractivity contribution in [2.75, 3.05) is 13.1 Å². The average Bonchev–Trinajstić information content (AvgIpc) is 2.52. The predicted octanol–water partition coefficient (Wildman–Crippen LogP) is 3.71. The van der Waals surface area contributed by atoms with Crippen molar-refractivity contribution in [3.05, 3.63) is 34.9 Å². The lowest BCUT2D eigenvalue weighted by atomic mass is 9.85. The summed E-state index contributed by atoms with van der Waals surface area (Å²) in [6, 6.07) is 7.72. The monoisotopic (exact) mass is 451 g/mol. The Morgan fingerprint density at radius 3 is 2.57 bits per heavy atom. The fraction of sp³-hybridized carbons (Fsp3) is 0.588. The van der Waals surface area contributed by atoms with Crippen molar-refractivity contribution in [3.8, 4) is 0 Å². The second-order valence-electron chi connectivity index (χ2n) is 5.93. The molecule has 4 nitrogen and oxygen atoms in total. The smallest absolute Gasteiger partial charge is 0.191 e. The van der Waals surface area contributed by atoms with Crippen molar-refractivity contribution in [2.45, 2.75) is 51.2 Å². The van der Waals surface area contributed by atoms with E-state index in [0.29, 0.717) is 13.1 Å². The zero-order valence-corrected chi connectivity index (χ0v) is 16.7. The number of halogens is 2. The maximum Gasteiger partial charge on any atom is 0.191 e. The van der Waals surface area contributed by atoms with Gasteiger partial charge in [0.15, 0.2) is 5.96 Å². The molecule has 0 aromatic heterocycles. The number of nitrogens with one attached hydrogen (secondary N) is 2. The van der Waals surface area contributed by atoms with Crippen molar-refractivity contribution in [2.24, 2.45) is 4.99 Å². The molecule has 0 radical (unpaired) electrons. The van der Waals surface area contributed by atoms with Crippen LogP contribution >= 0.6 is 35.6 Å². The number of benzene rings is 1. The first kappa shape index (κ1) is 20.5. The zero-order chi connectivity index (χ0) is 15.8. The van der Waals surface area contributed by atoms with Crippen LogP contribution in [0.3, 0.4) is 0 Å². The van der Waals surface area contributed by atoms with Gasteiger partial charge >= 0.3 is 0 Å². The Labute approximate surface area is 161 Å². The molecule has 0 amide bonds. The first-order valence-corrected chi connectivity index (χ1v) is 8.49. The van der Waals surface area contributed by atoms with Crippen LogP contribution in [0, 0.1) is 0 Å². The van der Waals surface area contributed by atoms with E-state index >= 15 is 0 Å². The fourth-order valence-corrected chi connectivity index (χ4v) is 2.96.